The van der Waals surface area contributed by atoms with E-state index in [1.165, 1.54) is 7.05 Å². The minimum Gasteiger partial charge on any atom is -0.366 e. The van der Waals surface area contributed by atoms with Gasteiger partial charge in [0.1, 0.15) is 10.7 Å². The van der Waals surface area contributed by atoms with Gasteiger partial charge in [-0.2, -0.15) is 4.98 Å². The molecule has 0 aliphatic rings. The van der Waals surface area contributed by atoms with Crippen LogP contribution in [0.2, 0.25) is 0 Å². The zero-order valence-corrected chi connectivity index (χ0v) is 13.0. The minimum atomic E-state index is -10.1. The Morgan fingerprint density at radius 3 is 2.27 bits per heavy atom. The van der Waals surface area contributed by atoms with Crippen molar-refractivity contribution in [3.05, 3.63) is 22.4 Å². The molecule has 1 aromatic carbocycles. The van der Waals surface area contributed by atoms with E-state index < -0.39 is 31.1 Å². The van der Waals surface area contributed by atoms with E-state index >= 15 is 0 Å². The SMILES string of the molecule is Cn1nc(N)nc1Nc1cc(F)c(Br)c(S(F)(F)(F)(F)F)c1. The number of hydrogen-bond acceptors (Lipinski definition) is 4. The first-order valence-corrected chi connectivity index (χ1v) is 8.08. The number of hydrogen-bond donors (Lipinski definition) is 2. The number of nitrogen functional groups attached to an aromatic ring is 1. The summed E-state index contributed by atoms with van der Waals surface area (Å²) in [4.78, 5) is 1.23. The number of benzene rings is 1. The highest BCUT2D eigenvalue weighted by atomic mass is 79.9. The van der Waals surface area contributed by atoms with Gasteiger partial charge in [-0.3, -0.25) is 0 Å². The number of nitrogens with two attached hydrogens (primary N) is 1. The number of anilines is 3. The van der Waals surface area contributed by atoms with Gasteiger partial charge in [-0.1, -0.05) is 19.4 Å². The van der Waals surface area contributed by atoms with Gasteiger partial charge >= 0.3 is 10.2 Å². The number of aromatic nitrogens is 3. The number of nitrogens with zero attached hydrogens (tertiary/aromatic N) is 3. The third-order valence-corrected chi connectivity index (χ3v) is 4.67. The fourth-order valence-electron chi connectivity index (χ4n) is 1.56. The molecular formula is C9H8BrF6N5S. The Morgan fingerprint density at radius 2 is 1.82 bits per heavy atom. The maximum absolute atomic E-state index is 13.5. The van der Waals surface area contributed by atoms with Crippen LogP contribution in [0.3, 0.4) is 0 Å². The van der Waals surface area contributed by atoms with Gasteiger partial charge in [0.05, 0.1) is 4.47 Å². The van der Waals surface area contributed by atoms with Crippen LogP contribution in [0.25, 0.3) is 0 Å². The first-order chi connectivity index (χ1) is 9.67. The van der Waals surface area contributed by atoms with Crippen LogP contribution in [-0.2, 0) is 7.05 Å². The molecule has 1 aromatic heterocycles. The first-order valence-electron chi connectivity index (χ1n) is 5.34. The topological polar surface area (TPSA) is 68.8 Å². The van der Waals surface area contributed by atoms with Crippen LogP contribution in [0, 0.1) is 5.82 Å². The highest BCUT2D eigenvalue weighted by Gasteiger charge is 2.67. The second-order valence-corrected chi connectivity index (χ2v) is 7.45. The lowest BCUT2D eigenvalue weighted by Crippen LogP contribution is -2.09. The molecule has 0 fully saturated rings. The van der Waals surface area contributed by atoms with Gasteiger partial charge in [-0.05, 0) is 28.1 Å². The molecular weight excluding hydrogens is 404 g/mol. The van der Waals surface area contributed by atoms with Crippen LogP contribution in [0.4, 0.5) is 41.4 Å². The van der Waals surface area contributed by atoms with E-state index in [4.69, 9.17) is 5.73 Å². The molecule has 0 atom stereocenters. The molecule has 1 heterocycles. The molecule has 124 valence electrons. The van der Waals surface area contributed by atoms with Crippen molar-refractivity contribution >= 4 is 43.7 Å². The Bertz CT molecular complexity index is 758. The van der Waals surface area contributed by atoms with E-state index in [1.54, 1.807) is 0 Å². The maximum Gasteiger partial charge on any atom is 0.311 e. The van der Waals surface area contributed by atoms with E-state index in [0.717, 1.165) is 4.68 Å². The van der Waals surface area contributed by atoms with E-state index in [1.807, 2.05) is 0 Å². The summed E-state index contributed by atoms with van der Waals surface area (Å²) in [5.74, 6) is -1.86. The largest absolute Gasteiger partial charge is 0.366 e. The summed E-state index contributed by atoms with van der Waals surface area (Å²) in [5.41, 5.74) is 4.69. The zero-order chi connectivity index (χ0) is 17.0. The van der Waals surface area contributed by atoms with Crippen molar-refractivity contribution < 1.29 is 23.8 Å². The molecule has 0 unspecified atom stereocenters. The maximum atomic E-state index is 13.5. The molecule has 0 radical (unpaired) electrons. The average molecular weight is 412 g/mol. The van der Waals surface area contributed by atoms with Crippen LogP contribution >= 0.6 is 26.2 Å². The number of aryl methyl sites for hydroxylation is 1. The summed E-state index contributed by atoms with van der Waals surface area (Å²) in [6.07, 6.45) is 0. The van der Waals surface area contributed by atoms with Crippen LogP contribution in [0.1, 0.15) is 0 Å². The summed E-state index contributed by atoms with van der Waals surface area (Å²) >= 11 is 2.20. The summed E-state index contributed by atoms with van der Waals surface area (Å²) < 4.78 is 77.8. The van der Waals surface area contributed by atoms with Crippen LogP contribution in [-0.4, -0.2) is 14.8 Å². The smallest absolute Gasteiger partial charge is 0.311 e. The van der Waals surface area contributed by atoms with Crippen molar-refractivity contribution in [3.63, 3.8) is 0 Å². The lowest BCUT2D eigenvalue weighted by atomic mass is 10.3. The molecule has 2 aromatic rings. The fraction of sp³-hybridized carbons (Fsp3) is 0.111. The van der Waals surface area contributed by atoms with Crippen molar-refractivity contribution in [1.82, 2.24) is 14.8 Å². The quantitative estimate of drug-likeness (QED) is 0.718. The van der Waals surface area contributed by atoms with Crippen LogP contribution in [0.5, 0.6) is 0 Å². The van der Waals surface area contributed by atoms with E-state index in [-0.39, 0.29) is 18.0 Å². The van der Waals surface area contributed by atoms with Crippen molar-refractivity contribution in [2.45, 2.75) is 4.90 Å². The highest BCUT2D eigenvalue weighted by molar-refractivity contribution is 9.10. The summed E-state index contributed by atoms with van der Waals surface area (Å²) in [6, 6.07) is 0.682. The molecule has 0 aliphatic carbocycles. The normalized spacial score (nSPS) is 15.3. The standard InChI is InChI=1S/C9H8BrF6N5S/c1-21-9(19-8(17)20-21)18-4-2-5(11)7(10)6(3-4)22(12,13,14,15)16/h2-3H,1H3,(H3,17,18,19,20). The Hall–Kier alpha value is -1.63. The molecule has 0 saturated carbocycles. The Balaban J connectivity index is 2.57. The Labute approximate surface area is 128 Å². The zero-order valence-electron chi connectivity index (χ0n) is 10.6. The third kappa shape index (κ3) is 3.40. The molecule has 2 rings (SSSR count). The van der Waals surface area contributed by atoms with Crippen LogP contribution in [0.15, 0.2) is 21.5 Å². The molecule has 0 aliphatic heterocycles. The van der Waals surface area contributed by atoms with Gasteiger partial charge in [-0.25, -0.2) is 9.07 Å². The monoisotopic (exact) mass is 411 g/mol. The molecule has 0 amide bonds. The van der Waals surface area contributed by atoms with E-state index in [9.17, 15) is 23.8 Å². The Morgan fingerprint density at radius 1 is 1.23 bits per heavy atom. The average Bonchev–Trinajstić information content (AvgIpc) is 2.59. The predicted molar refractivity (Wildman–Crippen MR) is 74.2 cm³/mol. The molecule has 22 heavy (non-hydrogen) atoms. The number of rotatable bonds is 3. The number of halogens is 7. The second-order valence-electron chi connectivity index (χ2n) is 4.28. The highest BCUT2D eigenvalue weighted by Crippen LogP contribution is 3.02. The van der Waals surface area contributed by atoms with Crippen LogP contribution < -0.4 is 11.1 Å². The van der Waals surface area contributed by atoms with E-state index in [0.29, 0.717) is 6.07 Å². The summed E-state index contributed by atoms with van der Waals surface area (Å²) in [7, 11) is -8.72. The van der Waals surface area contributed by atoms with Gasteiger partial charge < -0.3 is 11.1 Å². The van der Waals surface area contributed by atoms with E-state index in [2.05, 4.69) is 31.3 Å². The molecule has 0 bridgehead atoms. The number of nitrogens with one attached hydrogen (secondary N) is 1. The predicted octanol–water partition coefficient (Wildman–Crippen LogP) is 4.70. The van der Waals surface area contributed by atoms with Gasteiger partial charge in [0.2, 0.25) is 11.9 Å². The molecule has 13 heteroatoms. The van der Waals surface area contributed by atoms with Crippen molar-refractivity contribution in [1.29, 1.82) is 0 Å². The lowest BCUT2D eigenvalue weighted by molar-refractivity contribution is 0.362. The van der Waals surface area contributed by atoms with Gasteiger partial charge in [0.25, 0.3) is 0 Å². The fourth-order valence-corrected chi connectivity index (χ4v) is 3.49. The Kier molecular flexibility index (Phi) is 3.21. The van der Waals surface area contributed by atoms with Gasteiger partial charge in [0, 0.05) is 12.7 Å². The third-order valence-electron chi connectivity index (χ3n) is 2.45. The molecule has 5 nitrogen and oxygen atoms in total. The summed E-state index contributed by atoms with van der Waals surface area (Å²) in [5, 5.41) is 5.84. The summed E-state index contributed by atoms with van der Waals surface area (Å²) in [6.45, 7) is 0. The van der Waals surface area contributed by atoms with Gasteiger partial charge in [-0.15, -0.1) is 5.10 Å². The molecule has 0 spiro atoms. The van der Waals surface area contributed by atoms with Crippen molar-refractivity contribution in [2.24, 2.45) is 7.05 Å². The lowest BCUT2D eigenvalue weighted by Gasteiger charge is -2.41. The van der Waals surface area contributed by atoms with Crippen molar-refractivity contribution in [3.8, 4) is 0 Å². The second kappa shape index (κ2) is 4.22. The van der Waals surface area contributed by atoms with Gasteiger partial charge in [0.15, 0.2) is 0 Å². The molecule has 3 N–H and O–H groups in total. The van der Waals surface area contributed by atoms with Crippen molar-refractivity contribution in [2.75, 3.05) is 11.1 Å². The molecule has 0 saturated heterocycles. The first kappa shape index (κ1) is 16.7. The minimum absolute atomic E-state index is 0.0829.